The van der Waals surface area contributed by atoms with Gasteiger partial charge in [-0.15, -0.1) is 0 Å². The molecule has 1 aromatic heterocycles. The molecule has 0 saturated heterocycles. The van der Waals surface area contributed by atoms with E-state index in [0.29, 0.717) is 23.7 Å². The average molecular weight is 260 g/mol. The topological polar surface area (TPSA) is 82.2 Å². The number of para-hydroxylation sites is 1. The summed E-state index contributed by atoms with van der Waals surface area (Å²) in [6.07, 6.45) is 1.45. The van der Waals surface area contributed by atoms with Crippen molar-refractivity contribution in [3.8, 4) is 0 Å². The van der Waals surface area contributed by atoms with Gasteiger partial charge in [0.15, 0.2) is 0 Å². The molecule has 0 bridgehead atoms. The van der Waals surface area contributed by atoms with Gasteiger partial charge in [-0.05, 0) is 6.07 Å². The molecule has 2 aromatic rings. The lowest BCUT2D eigenvalue weighted by Crippen LogP contribution is -2.18. The van der Waals surface area contributed by atoms with Crippen LogP contribution < -0.4 is 11.1 Å². The number of hydrogen-bond acceptors (Lipinski definition) is 4. The molecule has 19 heavy (non-hydrogen) atoms. The minimum atomic E-state index is -0.291. The predicted octanol–water partition coefficient (Wildman–Crippen LogP) is 1.40. The van der Waals surface area contributed by atoms with Gasteiger partial charge in [0, 0.05) is 25.4 Å². The van der Waals surface area contributed by atoms with E-state index in [0.717, 1.165) is 5.56 Å². The molecule has 6 heteroatoms. The summed E-state index contributed by atoms with van der Waals surface area (Å²) in [6.45, 7) is 0.428. The van der Waals surface area contributed by atoms with Crippen LogP contribution in [-0.2, 0) is 18.4 Å². The molecular formula is C13H16N4O2. The molecule has 0 radical (unpaired) electrons. The minimum absolute atomic E-state index is 0.291. The third-order valence-electron chi connectivity index (χ3n) is 2.75. The Morgan fingerprint density at radius 3 is 2.84 bits per heavy atom. The van der Waals surface area contributed by atoms with E-state index in [1.807, 2.05) is 24.3 Å². The maximum atomic E-state index is 12.2. The average Bonchev–Trinajstić information content (AvgIpc) is 2.72. The molecule has 6 nitrogen and oxygen atoms in total. The Labute approximate surface area is 111 Å². The molecule has 0 aliphatic rings. The lowest BCUT2D eigenvalue weighted by molar-refractivity contribution is 0.101. The third kappa shape index (κ3) is 2.74. The second-order valence-corrected chi connectivity index (χ2v) is 4.12. The van der Waals surface area contributed by atoms with Crippen molar-refractivity contribution in [2.45, 2.75) is 6.61 Å². The fourth-order valence-corrected chi connectivity index (χ4v) is 1.84. The van der Waals surface area contributed by atoms with Gasteiger partial charge in [0.25, 0.3) is 5.91 Å². The molecular weight excluding hydrogens is 244 g/mol. The normalized spacial score (nSPS) is 10.4. The number of nitrogen functional groups attached to an aromatic ring is 1. The Morgan fingerprint density at radius 2 is 2.21 bits per heavy atom. The van der Waals surface area contributed by atoms with E-state index < -0.39 is 0 Å². The van der Waals surface area contributed by atoms with E-state index in [1.165, 1.54) is 10.9 Å². The Bertz CT molecular complexity index is 573. The highest BCUT2D eigenvalue weighted by atomic mass is 16.5. The van der Waals surface area contributed by atoms with E-state index >= 15 is 0 Å². The zero-order chi connectivity index (χ0) is 13.8. The summed E-state index contributed by atoms with van der Waals surface area (Å²) in [5, 5.41) is 6.76. The highest BCUT2D eigenvalue weighted by Gasteiger charge is 2.16. The fraction of sp³-hybridized carbons (Fsp3) is 0.231. The lowest BCUT2D eigenvalue weighted by atomic mass is 10.2. The summed E-state index contributed by atoms with van der Waals surface area (Å²) < 4.78 is 6.54. The van der Waals surface area contributed by atoms with Gasteiger partial charge in [0.2, 0.25) is 0 Å². The van der Waals surface area contributed by atoms with Crippen LogP contribution in [0.15, 0.2) is 30.5 Å². The molecule has 1 aromatic carbocycles. The first-order valence-corrected chi connectivity index (χ1v) is 5.79. The molecule has 0 aliphatic heterocycles. The van der Waals surface area contributed by atoms with E-state index in [9.17, 15) is 4.79 Å². The second kappa shape index (κ2) is 5.53. The number of anilines is 2. The molecule has 1 amide bonds. The smallest absolute Gasteiger partial charge is 0.276 e. The van der Waals surface area contributed by atoms with Crippen LogP contribution in [-0.4, -0.2) is 22.8 Å². The first kappa shape index (κ1) is 13.1. The number of benzene rings is 1. The Hall–Kier alpha value is -2.34. The van der Waals surface area contributed by atoms with Crippen LogP contribution in [0.1, 0.15) is 16.1 Å². The number of nitrogens with two attached hydrogens (primary N) is 1. The lowest BCUT2D eigenvalue weighted by Gasteiger charge is -2.10. The summed E-state index contributed by atoms with van der Waals surface area (Å²) in [5.74, 6) is -0.291. The van der Waals surface area contributed by atoms with E-state index in [4.69, 9.17) is 10.5 Å². The number of carbonyl (C=O) groups is 1. The van der Waals surface area contributed by atoms with Crippen molar-refractivity contribution in [3.05, 3.63) is 41.7 Å². The van der Waals surface area contributed by atoms with Crippen molar-refractivity contribution < 1.29 is 9.53 Å². The van der Waals surface area contributed by atoms with Crippen LogP contribution >= 0.6 is 0 Å². The maximum Gasteiger partial charge on any atom is 0.276 e. The molecule has 0 fully saturated rings. The zero-order valence-corrected chi connectivity index (χ0v) is 10.9. The highest BCUT2D eigenvalue weighted by Crippen LogP contribution is 2.18. The van der Waals surface area contributed by atoms with Crippen molar-refractivity contribution in [1.29, 1.82) is 0 Å². The first-order valence-electron chi connectivity index (χ1n) is 5.79. The summed E-state index contributed by atoms with van der Waals surface area (Å²) in [5.41, 5.74) is 8.02. The highest BCUT2D eigenvalue weighted by molar-refractivity contribution is 6.06. The molecule has 0 atom stereocenters. The van der Waals surface area contributed by atoms with Gasteiger partial charge < -0.3 is 15.8 Å². The van der Waals surface area contributed by atoms with Gasteiger partial charge in [-0.3, -0.25) is 9.48 Å². The number of nitrogens with one attached hydrogen (secondary N) is 1. The second-order valence-electron chi connectivity index (χ2n) is 4.12. The number of methoxy groups -OCH3 is 1. The van der Waals surface area contributed by atoms with Crippen molar-refractivity contribution >= 4 is 17.3 Å². The fourth-order valence-electron chi connectivity index (χ4n) is 1.84. The van der Waals surface area contributed by atoms with E-state index in [2.05, 4.69) is 10.4 Å². The number of amides is 1. The van der Waals surface area contributed by atoms with Gasteiger partial charge >= 0.3 is 0 Å². The monoisotopic (exact) mass is 260 g/mol. The number of hydrogen-bond donors (Lipinski definition) is 2. The Balaban J connectivity index is 2.24. The molecule has 3 N–H and O–H groups in total. The summed E-state index contributed by atoms with van der Waals surface area (Å²) in [4.78, 5) is 12.2. The quantitative estimate of drug-likeness (QED) is 0.870. The summed E-state index contributed by atoms with van der Waals surface area (Å²) in [7, 11) is 3.28. The number of aromatic nitrogens is 2. The van der Waals surface area contributed by atoms with Crippen molar-refractivity contribution in [2.75, 3.05) is 18.2 Å². The van der Waals surface area contributed by atoms with Crippen LogP contribution in [0.4, 0.5) is 11.4 Å². The van der Waals surface area contributed by atoms with Crippen LogP contribution in [0, 0.1) is 0 Å². The summed E-state index contributed by atoms with van der Waals surface area (Å²) >= 11 is 0. The summed E-state index contributed by atoms with van der Waals surface area (Å²) in [6, 6.07) is 7.45. The predicted molar refractivity (Wildman–Crippen MR) is 72.7 cm³/mol. The van der Waals surface area contributed by atoms with Gasteiger partial charge in [0.1, 0.15) is 5.69 Å². The van der Waals surface area contributed by atoms with Gasteiger partial charge in [-0.25, -0.2) is 0 Å². The molecule has 0 spiro atoms. The van der Waals surface area contributed by atoms with Crippen molar-refractivity contribution in [2.24, 2.45) is 7.05 Å². The largest absolute Gasteiger partial charge is 0.396 e. The molecule has 1 heterocycles. The third-order valence-corrected chi connectivity index (χ3v) is 2.75. The van der Waals surface area contributed by atoms with Crippen LogP contribution in [0.2, 0.25) is 0 Å². The van der Waals surface area contributed by atoms with Crippen molar-refractivity contribution in [1.82, 2.24) is 9.78 Å². The van der Waals surface area contributed by atoms with Gasteiger partial charge in [-0.1, -0.05) is 18.2 Å². The minimum Gasteiger partial charge on any atom is -0.396 e. The van der Waals surface area contributed by atoms with Crippen molar-refractivity contribution in [3.63, 3.8) is 0 Å². The van der Waals surface area contributed by atoms with Crippen LogP contribution in [0.3, 0.4) is 0 Å². The van der Waals surface area contributed by atoms with Crippen LogP contribution in [0.5, 0.6) is 0 Å². The number of aryl methyl sites for hydroxylation is 1. The number of carbonyl (C=O) groups excluding carboxylic acids is 1. The maximum absolute atomic E-state index is 12.2. The number of rotatable bonds is 4. The standard InChI is InChI=1S/C13H16N4O2/c1-17-12(10(14)7-15-17)13(18)16-11-6-4-3-5-9(11)8-19-2/h3-7H,8,14H2,1-2H3,(H,16,18). The molecule has 0 aliphatic carbocycles. The Kier molecular flexibility index (Phi) is 3.82. The van der Waals surface area contributed by atoms with Gasteiger partial charge in [-0.2, -0.15) is 5.10 Å². The van der Waals surface area contributed by atoms with E-state index in [1.54, 1.807) is 14.2 Å². The van der Waals surface area contributed by atoms with E-state index in [-0.39, 0.29) is 5.91 Å². The molecule has 0 unspecified atom stereocenters. The number of ether oxygens (including phenoxy) is 1. The molecule has 100 valence electrons. The number of nitrogens with zero attached hydrogens (tertiary/aromatic N) is 2. The Morgan fingerprint density at radius 1 is 1.47 bits per heavy atom. The SMILES string of the molecule is COCc1ccccc1NC(=O)c1c(N)cnn1C. The molecule has 0 saturated carbocycles. The van der Waals surface area contributed by atoms with Gasteiger partial charge in [0.05, 0.1) is 18.5 Å². The molecule has 2 rings (SSSR count). The van der Waals surface area contributed by atoms with Crippen LogP contribution in [0.25, 0.3) is 0 Å². The first-order chi connectivity index (χ1) is 9.13. The zero-order valence-electron chi connectivity index (χ0n) is 10.9.